The molecule has 0 radical (unpaired) electrons. The Morgan fingerprint density at radius 3 is 2.26 bits per heavy atom. The summed E-state index contributed by atoms with van der Waals surface area (Å²) < 4.78 is 48.6. The highest BCUT2D eigenvalue weighted by Crippen LogP contribution is 2.45. The van der Waals surface area contributed by atoms with E-state index in [9.17, 15) is 23.2 Å². The molecule has 0 aliphatic heterocycles. The first-order valence-corrected chi connectivity index (χ1v) is 9.79. The summed E-state index contributed by atoms with van der Waals surface area (Å²) >= 11 is 0. The highest BCUT2D eigenvalue weighted by Gasteiger charge is 2.40. The number of esters is 1. The monoisotopic (exact) mass is 425 g/mol. The summed E-state index contributed by atoms with van der Waals surface area (Å²) in [5.41, 5.74) is -2.08. The smallest absolute Gasteiger partial charge is 0.417 e. The zero-order valence-electron chi connectivity index (χ0n) is 17.7. The van der Waals surface area contributed by atoms with Crippen molar-refractivity contribution in [3.63, 3.8) is 0 Å². The van der Waals surface area contributed by atoms with Crippen LogP contribution in [0.1, 0.15) is 50.3 Å². The maximum atomic E-state index is 14.4. The van der Waals surface area contributed by atoms with Gasteiger partial charge in [0, 0.05) is 5.56 Å². The second-order valence-electron chi connectivity index (χ2n) is 8.34. The summed E-state index contributed by atoms with van der Waals surface area (Å²) in [6.45, 7) is 6.35. The van der Waals surface area contributed by atoms with E-state index in [0.29, 0.717) is 10.9 Å². The predicted molar refractivity (Wildman–Crippen MR) is 113 cm³/mol. The Bertz CT molecular complexity index is 1180. The van der Waals surface area contributed by atoms with Crippen LogP contribution in [-0.4, -0.2) is 11.6 Å². The molecule has 1 unspecified atom stereocenters. The van der Waals surface area contributed by atoms with Crippen LogP contribution in [0.25, 0.3) is 21.9 Å². The van der Waals surface area contributed by atoms with Crippen molar-refractivity contribution in [3.8, 4) is 17.2 Å². The van der Waals surface area contributed by atoms with Crippen LogP contribution in [0.2, 0.25) is 0 Å². The third-order valence-corrected chi connectivity index (χ3v) is 4.93. The van der Waals surface area contributed by atoms with Crippen molar-refractivity contribution in [2.45, 2.75) is 45.4 Å². The highest BCUT2D eigenvalue weighted by atomic mass is 19.4. The predicted octanol–water partition coefficient (Wildman–Crippen LogP) is 6.84. The molecule has 0 N–H and O–H groups in total. The van der Waals surface area contributed by atoms with E-state index in [4.69, 9.17) is 4.74 Å². The molecular formula is C25H22F3NO2. The van der Waals surface area contributed by atoms with E-state index in [1.807, 2.05) is 6.07 Å². The molecule has 0 aliphatic carbocycles. The Morgan fingerprint density at radius 2 is 1.65 bits per heavy atom. The number of nitriles is 1. The number of carbonyl (C=O) groups is 1. The highest BCUT2D eigenvalue weighted by molar-refractivity contribution is 5.99. The molecule has 0 saturated heterocycles. The van der Waals surface area contributed by atoms with Crippen LogP contribution in [0.4, 0.5) is 13.2 Å². The fourth-order valence-corrected chi connectivity index (χ4v) is 3.62. The molecule has 1 atom stereocenters. The van der Waals surface area contributed by atoms with Crippen LogP contribution in [-0.2, 0) is 15.7 Å². The molecule has 0 aliphatic rings. The first-order valence-electron chi connectivity index (χ1n) is 9.79. The molecule has 0 fully saturated rings. The Kier molecular flexibility index (Phi) is 5.82. The quantitative estimate of drug-likeness (QED) is 0.432. The number of hydrogen-bond donors (Lipinski definition) is 0. The van der Waals surface area contributed by atoms with Gasteiger partial charge in [-0.15, -0.1) is 0 Å². The van der Waals surface area contributed by atoms with Crippen LogP contribution in [0.15, 0.2) is 54.6 Å². The molecule has 0 bridgehead atoms. The average Bonchev–Trinajstić information content (AvgIpc) is 2.69. The van der Waals surface area contributed by atoms with E-state index in [2.05, 4.69) is 0 Å². The van der Waals surface area contributed by atoms with Gasteiger partial charge in [-0.1, -0.05) is 48.5 Å². The Labute approximate surface area is 179 Å². The molecule has 0 spiro atoms. The minimum absolute atomic E-state index is 0.108. The van der Waals surface area contributed by atoms with Gasteiger partial charge in [-0.25, -0.2) is 0 Å². The standard InChI is InChI=1S/C25H22F3NO2/c1-15(23(30)31-24(2,3)4)18-13-12-17(14-29)21(22(18)25(26,27)28)20-11-7-9-16-8-5-6-10-19(16)20/h5-13,15H,1-4H3. The Balaban J connectivity index is 2.35. The molecule has 3 rings (SSSR count). The Morgan fingerprint density at radius 1 is 1.00 bits per heavy atom. The fraction of sp³-hybridized carbons (Fsp3) is 0.280. The number of ether oxygens (including phenoxy) is 1. The van der Waals surface area contributed by atoms with Gasteiger partial charge in [0.2, 0.25) is 0 Å². The van der Waals surface area contributed by atoms with Crippen molar-refractivity contribution >= 4 is 16.7 Å². The van der Waals surface area contributed by atoms with E-state index in [0.717, 1.165) is 5.39 Å². The minimum atomic E-state index is -4.79. The number of alkyl halides is 3. The molecule has 3 aromatic carbocycles. The molecule has 0 aromatic heterocycles. The zero-order valence-corrected chi connectivity index (χ0v) is 17.7. The van der Waals surface area contributed by atoms with Crippen molar-refractivity contribution in [1.82, 2.24) is 0 Å². The van der Waals surface area contributed by atoms with E-state index in [1.54, 1.807) is 63.2 Å². The van der Waals surface area contributed by atoms with Gasteiger partial charge in [-0.05, 0) is 55.7 Å². The van der Waals surface area contributed by atoms with Gasteiger partial charge in [-0.2, -0.15) is 18.4 Å². The second kappa shape index (κ2) is 8.07. The number of halogens is 3. The molecular weight excluding hydrogens is 403 g/mol. The molecule has 31 heavy (non-hydrogen) atoms. The van der Waals surface area contributed by atoms with Gasteiger partial charge in [0.15, 0.2) is 0 Å². The molecule has 3 aromatic rings. The van der Waals surface area contributed by atoms with Gasteiger partial charge in [-0.3, -0.25) is 4.79 Å². The fourth-order valence-electron chi connectivity index (χ4n) is 3.62. The van der Waals surface area contributed by atoms with Crippen LogP contribution < -0.4 is 0 Å². The van der Waals surface area contributed by atoms with Crippen molar-refractivity contribution in [3.05, 3.63) is 71.3 Å². The lowest BCUT2D eigenvalue weighted by atomic mass is 9.84. The Hall–Kier alpha value is -3.33. The number of rotatable bonds is 3. The lowest BCUT2D eigenvalue weighted by Gasteiger charge is -2.25. The number of hydrogen-bond acceptors (Lipinski definition) is 3. The van der Waals surface area contributed by atoms with Gasteiger partial charge in [0.25, 0.3) is 0 Å². The van der Waals surface area contributed by atoms with Gasteiger partial charge in [0.1, 0.15) is 5.60 Å². The normalized spacial score (nSPS) is 13.0. The minimum Gasteiger partial charge on any atom is -0.460 e. The number of carbonyl (C=O) groups excluding carboxylic acids is 1. The largest absolute Gasteiger partial charge is 0.460 e. The third-order valence-electron chi connectivity index (χ3n) is 4.93. The lowest BCUT2D eigenvalue weighted by molar-refractivity contribution is -0.156. The molecule has 3 nitrogen and oxygen atoms in total. The molecule has 0 amide bonds. The van der Waals surface area contributed by atoms with Crippen molar-refractivity contribution < 1.29 is 22.7 Å². The van der Waals surface area contributed by atoms with E-state index >= 15 is 0 Å². The maximum absolute atomic E-state index is 14.4. The molecule has 0 saturated carbocycles. The number of nitrogens with zero attached hydrogens (tertiary/aromatic N) is 1. The lowest BCUT2D eigenvalue weighted by Crippen LogP contribution is -2.28. The van der Waals surface area contributed by atoms with Gasteiger partial charge < -0.3 is 4.74 Å². The third kappa shape index (κ3) is 4.56. The van der Waals surface area contributed by atoms with Crippen molar-refractivity contribution in [1.29, 1.82) is 5.26 Å². The summed E-state index contributed by atoms with van der Waals surface area (Å²) in [6, 6.07) is 16.5. The summed E-state index contributed by atoms with van der Waals surface area (Å²) in [5, 5.41) is 11.0. The maximum Gasteiger partial charge on any atom is 0.417 e. The summed E-state index contributed by atoms with van der Waals surface area (Å²) in [6.07, 6.45) is -4.79. The molecule has 160 valence electrons. The zero-order chi connectivity index (χ0) is 23.0. The van der Waals surface area contributed by atoms with E-state index in [-0.39, 0.29) is 16.7 Å². The first-order chi connectivity index (χ1) is 14.4. The summed E-state index contributed by atoms with van der Waals surface area (Å²) in [7, 11) is 0. The average molecular weight is 425 g/mol. The van der Waals surface area contributed by atoms with Crippen LogP contribution in [0, 0.1) is 11.3 Å². The van der Waals surface area contributed by atoms with Crippen molar-refractivity contribution in [2.24, 2.45) is 0 Å². The number of benzene rings is 3. The van der Waals surface area contributed by atoms with Gasteiger partial charge >= 0.3 is 12.1 Å². The van der Waals surface area contributed by atoms with Crippen LogP contribution in [0.5, 0.6) is 0 Å². The summed E-state index contributed by atoms with van der Waals surface area (Å²) in [5.74, 6) is -1.93. The van der Waals surface area contributed by atoms with Gasteiger partial charge in [0.05, 0.1) is 23.1 Å². The molecule has 0 heterocycles. The summed E-state index contributed by atoms with van der Waals surface area (Å²) in [4.78, 5) is 12.6. The molecule has 6 heteroatoms. The van der Waals surface area contributed by atoms with Crippen LogP contribution in [0.3, 0.4) is 0 Å². The SMILES string of the molecule is CC(C(=O)OC(C)(C)C)c1ccc(C#N)c(-c2cccc3ccccc23)c1C(F)(F)F. The number of fused-ring (bicyclic) bond motifs is 1. The second-order valence-corrected chi connectivity index (χ2v) is 8.34. The van der Waals surface area contributed by atoms with Crippen molar-refractivity contribution in [2.75, 3.05) is 0 Å². The van der Waals surface area contributed by atoms with E-state index < -0.39 is 29.2 Å². The van der Waals surface area contributed by atoms with E-state index in [1.165, 1.54) is 19.1 Å². The van der Waals surface area contributed by atoms with Crippen LogP contribution >= 0.6 is 0 Å². The topological polar surface area (TPSA) is 50.1 Å². The first kappa shape index (κ1) is 22.4.